The van der Waals surface area contributed by atoms with Crippen LogP contribution in [0.4, 0.5) is 5.69 Å². The third-order valence-corrected chi connectivity index (χ3v) is 4.86. The van der Waals surface area contributed by atoms with Gasteiger partial charge < -0.3 is 9.15 Å². The van der Waals surface area contributed by atoms with Crippen molar-refractivity contribution >= 4 is 52.4 Å². The largest absolute Gasteiger partial charge is 0.459 e. The highest BCUT2D eigenvalue weighted by molar-refractivity contribution is 6.42. The van der Waals surface area contributed by atoms with Crippen LogP contribution in [0.1, 0.15) is 31.1 Å². The number of carbonyl (C=O) groups is 2. The van der Waals surface area contributed by atoms with E-state index in [1.54, 1.807) is 51.2 Å². The van der Waals surface area contributed by atoms with Crippen molar-refractivity contribution in [3.05, 3.63) is 69.6 Å². The van der Waals surface area contributed by atoms with Crippen LogP contribution in [0.25, 0.3) is 11.3 Å². The Morgan fingerprint density at radius 2 is 1.77 bits per heavy atom. The van der Waals surface area contributed by atoms with Crippen molar-refractivity contribution < 1.29 is 18.7 Å². The van der Waals surface area contributed by atoms with Gasteiger partial charge in [0.25, 0.3) is 5.91 Å². The molecule has 31 heavy (non-hydrogen) atoms. The number of esters is 1. The molecule has 2 aromatic carbocycles. The van der Waals surface area contributed by atoms with Gasteiger partial charge in [0, 0.05) is 16.3 Å². The molecule has 0 bridgehead atoms. The van der Waals surface area contributed by atoms with E-state index in [4.69, 9.17) is 44.0 Å². The zero-order chi connectivity index (χ0) is 22.8. The summed E-state index contributed by atoms with van der Waals surface area (Å²) in [7, 11) is 0. The normalized spacial score (nSPS) is 11.3. The molecule has 0 atom stereocenters. The first-order chi connectivity index (χ1) is 14.5. The molecule has 0 spiro atoms. The van der Waals surface area contributed by atoms with E-state index in [0.29, 0.717) is 17.0 Å². The Morgan fingerprint density at radius 3 is 2.35 bits per heavy atom. The van der Waals surface area contributed by atoms with E-state index in [-0.39, 0.29) is 27.2 Å². The molecular formula is C22H19Cl3N2O4. The maximum atomic E-state index is 13.5. The Bertz CT molecular complexity index is 1090. The summed E-state index contributed by atoms with van der Waals surface area (Å²) in [5.74, 6) is -0.659. The predicted octanol–water partition coefficient (Wildman–Crippen LogP) is 6.29. The van der Waals surface area contributed by atoms with E-state index in [1.165, 1.54) is 23.4 Å². The van der Waals surface area contributed by atoms with Crippen LogP contribution in [0.15, 0.2) is 53.4 Å². The van der Waals surface area contributed by atoms with Gasteiger partial charge in [-0.1, -0.05) is 46.9 Å². The van der Waals surface area contributed by atoms with Gasteiger partial charge in [-0.25, -0.2) is 4.98 Å². The first-order valence-corrected chi connectivity index (χ1v) is 10.4. The van der Waals surface area contributed by atoms with Gasteiger partial charge in [0.1, 0.15) is 12.1 Å². The number of anilines is 1. The highest BCUT2D eigenvalue weighted by Crippen LogP contribution is 2.32. The van der Waals surface area contributed by atoms with Gasteiger partial charge in [0.15, 0.2) is 12.2 Å². The molecule has 0 fully saturated rings. The van der Waals surface area contributed by atoms with Crippen molar-refractivity contribution in [3.63, 3.8) is 0 Å². The molecular weight excluding hydrogens is 463 g/mol. The lowest BCUT2D eigenvalue weighted by Gasteiger charge is -2.26. The molecule has 0 N–H and O–H groups in total. The molecule has 162 valence electrons. The molecule has 0 aliphatic rings. The molecule has 0 saturated carbocycles. The average Bonchev–Trinajstić information content (AvgIpc) is 3.18. The summed E-state index contributed by atoms with van der Waals surface area (Å²) in [5.41, 5.74) is 0.404. The SMILES string of the molecule is CC(C)(C)OC(=O)CN(C(=O)c1c(Cl)cc(Cl)cc1Cl)c1cccc(-c2cnco2)c1. The smallest absolute Gasteiger partial charge is 0.326 e. The molecule has 1 aromatic heterocycles. The predicted molar refractivity (Wildman–Crippen MR) is 121 cm³/mol. The summed E-state index contributed by atoms with van der Waals surface area (Å²) in [6.07, 6.45) is 2.85. The fourth-order valence-electron chi connectivity index (χ4n) is 2.85. The first kappa shape index (κ1) is 23.1. The van der Waals surface area contributed by atoms with Gasteiger partial charge >= 0.3 is 5.97 Å². The maximum Gasteiger partial charge on any atom is 0.326 e. The minimum absolute atomic E-state index is 0.0290. The third-order valence-electron chi connectivity index (χ3n) is 4.05. The van der Waals surface area contributed by atoms with Crippen LogP contribution in [0.2, 0.25) is 15.1 Å². The van der Waals surface area contributed by atoms with Crippen molar-refractivity contribution in [2.45, 2.75) is 26.4 Å². The fraction of sp³-hybridized carbons (Fsp3) is 0.227. The number of amides is 1. The van der Waals surface area contributed by atoms with Gasteiger partial charge in [-0.05, 0) is 45.0 Å². The number of carbonyl (C=O) groups excluding carboxylic acids is 2. The Labute approximate surface area is 194 Å². The van der Waals surface area contributed by atoms with Crippen molar-refractivity contribution in [3.8, 4) is 11.3 Å². The van der Waals surface area contributed by atoms with Gasteiger partial charge in [-0.15, -0.1) is 0 Å². The monoisotopic (exact) mass is 480 g/mol. The molecule has 1 amide bonds. The van der Waals surface area contributed by atoms with Gasteiger partial charge in [0.2, 0.25) is 0 Å². The number of ether oxygens (including phenoxy) is 1. The maximum absolute atomic E-state index is 13.5. The van der Waals surface area contributed by atoms with Crippen LogP contribution < -0.4 is 4.90 Å². The Kier molecular flexibility index (Phi) is 6.94. The summed E-state index contributed by atoms with van der Waals surface area (Å²) < 4.78 is 10.7. The van der Waals surface area contributed by atoms with Gasteiger partial charge in [-0.2, -0.15) is 0 Å². The molecule has 3 aromatic rings. The topological polar surface area (TPSA) is 72.6 Å². The van der Waals surface area contributed by atoms with Crippen molar-refractivity contribution in [2.75, 3.05) is 11.4 Å². The summed E-state index contributed by atoms with van der Waals surface area (Å²) in [6.45, 7) is 4.88. The van der Waals surface area contributed by atoms with Gasteiger partial charge in [-0.3, -0.25) is 14.5 Å². The molecule has 9 heteroatoms. The number of oxazole rings is 1. The average molecular weight is 482 g/mol. The van der Waals surface area contributed by atoms with Gasteiger partial charge in [0.05, 0.1) is 21.8 Å². The van der Waals surface area contributed by atoms with Crippen LogP contribution in [-0.2, 0) is 9.53 Å². The van der Waals surface area contributed by atoms with Crippen LogP contribution in [0, 0.1) is 0 Å². The molecule has 6 nitrogen and oxygen atoms in total. The second-order valence-corrected chi connectivity index (χ2v) is 8.89. The summed E-state index contributed by atoms with van der Waals surface area (Å²) >= 11 is 18.5. The molecule has 0 aliphatic heterocycles. The molecule has 0 aliphatic carbocycles. The van der Waals surface area contributed by atoms with Crippen molar-refractivity contribution in [1.82, 2.24) is 4.98 Å². The number of benzene rings is 2. The van der Waals surface area contributed by atoms with E-state index in [1.807, 2.05) is 0 Å². The molecule has 0 unspecified atom stereocenters. The fourth-order valence-corrected chi connectivity index (χ4v) is 3.83. The zero-order valence-electron chi connectivity index (χ0n) is 17.0. The number of halogens is 3. The first-order valence-electron chi connectivity index (χ1n) is 9.22. The summed E-state index contributed by atoms with van der Waals surface area (Å²) in [4.78, 5) is 31.2. The molecule has 0 saturated heterocycles. The number of hydrogen-bond acceptors (Lipinski definition) is 5. The quantitative estimate of drug-likeness (QED) is 0.400. The highest BCUT2D eigenvalue weighted by Gasteiger charge is 2.28. The van der Waals surface area contributed by atoms with E-state index in [0.717, 1.165) is 0 Å². The summed E-state index contributed by atoms with van der Waals surface area (Å²) in [5, 5.41) is 0.434. The van der Waals surface area contributed by atoms with Crippen LogP contribution in [-0.4, -0.2) is 29.0 Å². The van der Waals surface area contributed by atoms with Crippen LogP contribution in [0.3, 0.4) is 0 Å². The number of hydrogen-bond donors (Lipinski definition) is 0. The zero-order valence-corrected chi connectivity index (χ0v) is 19.3. The second kappa shape index (κ2) is 9.30. The summed E-state index contributed by atoms with van der Waals surface area (Å²) in [6, 6.07) is 9.73. The number of aromatic nitrogens is 1. The highest BCUT2D eigenvalue weighted by atomic mass is 35.5. The number of nitrogens with zero attached hydrogens (tertiary/aromatic N) is 2. The second-order valence-electron chi connectivity index (χ2n) is 7.64. The van der Waals surface area contributed by atoms with Crippen molar-refractivity contribution in [1.29, 1.82) is 0 Å². The Hall–Kier alpha value is -2.54. The molecule has 1 heterocycles. The van der Waals surface area contributed by atoms with E-state index >= 15 is 0 Å². The van der Waals surface area contributed by atoms with E-state index < -0.39 is 17.5 Å². The van der Waals surface area contributed by atoms with Crippen LogP contribution >= 0.6 is 34.8 Å². The standard InChI is InChI=1S/C22H19Cl3N2O4/c1-22(2,3)31-19(28)11-27(21(29)20-16(24)8-14(23)9-17(20)25)15-6-4-5-13(7-15)18-10-26-12-30-18/h4-10,12H,11H2,1-3H3. The third kappa shape index (κ3) is 5.79. The molecule has 3 rings (SSSR count). The lowest BCUT2D eigenvalue weighted by atomic mass is 10.1. The lowest BCUT2D eigenvalue weighted by molar-refractivity contribution is -0.152. The van der Waals surface area contributed by atoms with Crippen molar-refractivity contribution in [2.24, 2.45) is 0 Å². The van der Waals surface area contributed by atoms with Crippen LogP contribution in [0.5, 0.6) is 0 Å². The minimum atomic E-state index is -0.719. The van der Waals surface area contributed by atoms with E-state index in [2.05, 4.69) is 4.98 Å². The molecule has 0 radical (unpaired) electrons. The Balaban J connectivity index is 2.05. The Morgan fingerprint density at radius 1 is 1.10 bits per heavy atom. The minimum Gasteiger partial charge on any atom is -0.459 e. The van der Waals surface area contributed by atoms with E-state index in [9.17, 15) is 9.59 Å². The lowest BCUT2D eigenvalue weighted by Crippen LogP contribution is -2.39. The number of rotatable bonds is 5.